The first-order valence-electron chi connectivity index (χ1n) is 9.02. The number of nitrogens with zero attached hydrogens (tertiary/aromatic N) is 3. The summed E-state index contributed by atoms with van der Waals surface area (Å²) in [5, 5.41) is 4.53. The van der Waals surface area contributed by atoms with Crippen LogP contribution in [-0.4, -0.2) is 28.8 Å². The third-order valence-electron chi connectivity index (χ3n) is 4.48. The second-order valence-electron chi connectivity index (χ2n) is 6.89. The van der Waals surface area contributed by atoms with E-state index in [1.54, 1.807) is 22.9 Å². The minimum Gasteiger partial charge on any atom is -0.493 e. The smallest absolute Gasteiger partial charge is 0.282 e. The Hall–Kier alpha value is -3.08. The molecule has 5 heteroatoms. The Labute approximate surface area is 160 Å². The quantitative estimate of drug-likeness (QED) is 0.668. The van der Waals surface area contributed by atoms with Crippen LogP contribution < -0.4 is 9.64 Å². The molecule has 0 saturated carbocycles. The van der Waals surface area contributed by atoms with Gasteiger partial charge in [0.1, 0.15) is 0 Å². The summed E-state index contributed by atoms with van der Waals surface area (Å²) >= 11 is 0. The lowest BCUT2D eigenvalue weighted by Crippen LogP contribution is -2.38. The predicted octanol–water partition coefficient (Wildman–Crippen LogP) is 4.55. The molecule has 3 rings (SSSR count). The van der Waals surface area contributed by atoms with Crippen molar-refractivity contribution in [1.29, 1.82) is 0 Å². The Morgan fingerprint density at radius 3 is 2.44 bits per heavy atom. The van der Waals surface area contributed by atoms with Crippen molar-refractivity contribution in [2.24, 2.45) is 0 Å². The van der Waals surface area contributed by atoms with Crippen LogP contribution in [0.25, 0.3) is 5.69 Å². The molecule has 0 aliphatic carbocycles. The number of carbonyl (C=O) groups excluding carboxylic acids is 1. The van der Waals surface area contributed by atoms with Crippen LogP contribution in [0.15, 0.2) is 54.7 Å². The van der Waals surface area contributed by atoms with Gasteiger partial charge >= 0.3 is 0 Å². The number of methoxy groups -OCH3 is 1. The van der Waals surface area contributed by atoms with Crippen LogP contribution in [0.1, 0.15) is 35.5 Å². The van der Waals surface area contributed by atoms with E-state index in [0.29, 0.717) is 11.4 Å². The first-order chi connectivity index (χ1) is 12.9. The molecule has 0 bridgehead atoms. The molecule has 0 fully saturated rings. The molecular formula is C22H25N3O2. The van der Waals surface area contributed by atoms with E-state index in [9.17, 15) is 4.79 Å². The molecule has 0 spiro atoms. The van der Waals surface area contributed by atoms with E-state index in [1.807, 2.05) is 76.2 Å². The lowest BCUT2D eigenvalue weighted by Gasteiger charge is -2.28. The summed E-state index contributed by atoms with van der Waals surface area (Å²) < 4.78 is 7.13. The van der Waals surface area contributed by atoms with Gasteiger partial charge in [0.2, 0.25) is 0 Å². The number of carbonyl (C=O) groups is 1. The Kier molecular flexibility index (Phi) is 5.31. The number of para-hydroxylation sites is 1. The van der Waals surface area contributed by atoms with Gasteiger partial charge in [0.05, 0.1) is 19.0 Å². The van der Waals surface area contributed by atoms with Crippen LogP contribution in [-0.2, 0) is 0 Å². The number of hydrogen-bond acceptors (Lipinski definition) is 3. The van der Waals surface area contributed by atoms with Gasteiger partial charge in [0.25, 0.3) is 5.91 Å². The maximum atomic E-state index is 13.4. The molecule has 0 aliphatic heterocycles. The molecule has 0 aliphatic rings. The SMILES string of the molecule is COc1cn(-c2ccccc2)nc1C(=O)N(c1cc(C)ccc1C)C(C)C. The van der Waals surface area contributed by atoms with Gasteiger partial charge in [0.15, 0.2) is 11.4 Å². The van der Waals surface area contributed by atoms with Gasteiger partial charge in [-0.15, -0.1) is 0 Å². The van der Waals surface area contributed by atoms with Crippen molar-refractivity contribution in [3.8, 4) is 11.4 Å². The minimum atomic E-state index is -0.176. The summed E-state index contributed by atoms with van der Waals surface area (Å²) in [6.45, 7) is 8.04. The van der Waals surface area contributed by atoms with E-state index in [0.717, 1.165) is 22.5 Å². The van der Waals surface area contributed by atoms with E-state index in [4.69, 9.17) is 4.74 Å². The average molecular weight is 363 g/mol. The molecule has 140 valence electrons. The number of anilines is 1. The van der Waals surface area contributed by atoms with Gasteiger partial charge in [-0.05, 0) is 57.0 Å². The zero-order chi connectivity index (χ0) is 19.6. The first kappa shape index (κ1) is 18.7. The topological polar surface area (TPSA) is 47.4 Å². The standard InChI is InChI=1S/C22H25N3O2/c1-15(2)25(19-13-16(3)11-12-17(19)4)22(26)21-20(27-5)14-24(23-21)18-9-7-6-8-10-18/h6-15H,1-5H3. The van der Waals surface area contributed by atoms with Crippen molar-refractivity contribution in [3.63, 3.8) is 0 Å². The van der Waals surface area contributed by atoms with Crippen molar-refractivity contribution in [3.05, 3.63) is 71.5 Å². The molecule has 0 atom stereocenters. The summed E-state index contributed by atoms with van der Waals surface area (Å²) in [6.07, 6.45) is 1.74. The molecular weight excluding hydrogens is 338 g/mol. The second-order valence-corrected chi connectivity index (χ2v) is 6.89. The highest BCUT2D eigenvalue weighted by Crippen LogP contribution is 2.28. The minimum absolute atomic E-state index is 0.0235. The van der Waals surface area contributed by atoms with Gasteiger partial charge in [-0.2, -0.15) is 5.10 Å². The highest BCUT2D eigenvalue weighted by Gasteiger charge is 2.28. The number of aryl methyl sites for hydroxylation is 2. The Morgan fingerprint density at radius 1 is 1.11 bits per heavy atom. The number of rotatable bonds is 5. The van der Waals surface area contributed by atoms with E-state index >= 15 is 0 Å². The summed E-state index contributed by atoms with van der Waals surface area (Å²) in [5.74, 6) is 0.282. The molecule has 1 aromatic heterocycles. The van der Waals surface area contributed by atoms with Gasteiger partial charge < -0.3 is 9.64 Å². The highest BCUT2D eigenvalue weighted by molar-refractivity contribution is 6.07. The predicted molar refractivity (Wildman–Crippen MR) is 108 cm³/mol. The molecule has 1 amide bonds. The molecule has 0 radical (unpaired) electrons. The van der Waals surface area contributed by atoms with Crippen LogP contribution in [0.5, 0.6) is 5.75 Å². The monoisotopic (exact) mass is 363 g/mol. The normalized spacial score (nSPS) is 10.9. The van der Waals surface area contributed by atoms with Gasteiger partial charge in [0, 0.05) is 11.7 Å². The maximum absolute atomic E-state index is 13.4. The highest BCUT2D eigenvalue weighted by atomic mass is 16.5. The van der Waals surface area contributed by atoms with Gasteiger partial charge in [-0.1, -0.05) is 30.3 Å². The van der Waals surface area contributed by atoms with Crippen molar-refractivity contribution < 1.29 is 9.53 Å². The summed E-state index contributed by atoms with van der Waals surface area (Å²) in [4.78, 5) is 15.2. The lowest BCUT2D eigenvalue weighted by molar-refractivity contribution is 0.0972. The molecule has 27 heavy (non-hydrogen) atoms. The van der Waals surface area contributed by atoms with Crippen molar-refractivity contribution in [1.82, 2.24) is 9.78 Å². The van der Waals surface area contributed by atoms with Crippen LogP contribution in [0, 0.1) is 13.8 Å². The van der Waals surface area contributed by atoms with Crippen molar-refractivity contribution >= 4 is 11.6 Å². The number of aromatic nitrogens is 2. The molecule has 1 heterocycles. The molecule has 0 unspecified atom stereocenters. The van der Waals surface area contributed by atoms with Gasteiger partial charge in [-0.25, -0.2) is 4.68 Å². The van der Waals surface area contributed by atoms with E-state index < -0.39 is 0 Å². The zero-order valence-electron chi connectivity index (χ0n) is 16.4. The fraction of sp³-hybridized carbons (Fsp3) is 0.273. The Morgan fingerprint density at radius 2 is 1.81 bits per heavy atom. The maximum Gasteiger partial charge on any atom is 0.282 e. The number of hydrogen-bond donors (Lipinski definition) is 0. The second kappa shape index (κ2) is 7.66. The fourth-order valence-corrected chi connectivity index (χ4v) is 3.08. The molecule has 0 saturated heterocycles. The number of benzene rings is 2. The van der Waals surface area contributed by atoms with Crippen LogP contribution in [0.2, 0.25) is 0 Å². The average Bonchev–Trinajstić information content (AvgIpc) is 3.09. The van der Waals surface area contributed by atoms with Crippen LogP contribution in [0.3, 0.4) is 0 Å². The van der Waals surface area contributed by atoms with E-state index in [2.05, 4.69) is 5.10 Å². The largest absolute Gasteiger partial charge is 0.493 e. The van der Waals surface area contributed by atoms with Crippen molar-refractivity contribution in [2.45, 2.75) is 33.7 Å². The van der Waals surface area contributed by atoms with E-state index in [1.165, 1.54) is 0 Å². The molecule has 0 N–H and O–H groups in total. The van der Waals surface area contributed by atoms with Crippen LogP contribution >= 0.6 is 0 Å². The van der Waals surface area contributed by atoms with Crippen molar-refractivity contribution in [2.75, 3.05) is 12.0 Å². The first-order valence-corrected chi connectivity index (χ1v) is 9.02. The summed E-state index contributed by atoms with van der Waals surface area (Å²) in [6, 6.07) is 15.8. The molecule has 3 aromatic rings. The van der Waals surface area contributed by atoms with Gasteiger partial charge in [-0.3, -0.25) is 4.79 Å². The Bertz CT molecular complexity index is 945. The third-order valence-corrected chi connectivity index (χ3v) is 4.48. The Balaban J connectivity index is 2.07. The third kappa shape index (κ3) is 3.72. The number of ether oxygens (including phenoxy) is 1. The molecule has 5 nitrogen and oxygen atoms in total. The van der Waals surface area contributed by atoms with Crippen LogP contribution in [0.4, 0.5) is 5.69 Å². The van der Waals surface area contributed by atoms with E-state index in [-0.39, 0.29) is 11.9 Å². The number of amides is 1. The molecule has 2 aromatic carbocycles. The zero-order valence-corrected chi connectivity index (χ0v) is 16.4. The summed E-state index contributed by atoms with van der Waals surface area (Å²) in [7, 11) is 1.56. The lowest BCUT2D eigenvalue weighted by atomic mass is 10.1. The summed E-state index contributed by atoms with van der Waals surface area (Å²) in [5.41, 5.74) is 4.22. The fourth-order valence-electron chi connectivity index (χ4n) is 3.08.